The Kier molecular flexibility index (Phi) is 5.91. The number of benzene rings is 5. The van der Waals surface area contributed by atoms with E-state index in [9.17, 15) is 0 Å². The van der Waals surface area contributed by atoms with Crippen molar-refractivity contribution < 1.29 is 0 Å². The molecule has 5 nitrogen and oxygen atoms in total. The lowest BCUT2D eigenvalue weighted by Crippen LogP contribution is -2.30. The zero-order valence-corrected chi connectivity index (χ0v) is 26.8. The van der Waals surface area contributed by atoms with Crippen LogP contribution in [0.15, 0.2) is 134 Å². The number of anilines is 3. The van der Waals surface area contributed by atoms with E-state index in [1.165, 1.54) is 44.0 Å². The number of aromatic nitrogens is 3. The largest absolute Gasteiger partial charge is 0.372 e. The minimum absolute atomic E-state index is 0.219. The fraction of sp³-hybridized carbons (Fsp3) is 0.119. The van der Waals surface area contributed by atoms with Crippen molar-refractivity contribution >= 4 is 66.5 Å². The van der Waals surface area contributed by atoms with Gasteiger partial charge in [0.25, 0.3) is 0 Å². The smallest absolute Gasteiger partial charge is 0.137 e. The molecule has 1 aliphatic rings. The monoisotopic (exact) mass is 609 g/mol. The predicted octanol–water partition coefficient (Wildman–Crippen LogP) is 10.4. The molecule has 0 atom stereocenters. The van der Waals surface area contributed by atoms with Crippen LogP contribution >= 0.6 is 0 Å². The molecule has 3 aromatic heterocycles. The molecule has 8 aromatic rings. The molecule has 228 valence electrons. The average Bonchev–Trinajstić information content (AvgIpc) is 3.60. The number of nitrogens with zero attached hydrogens (tertiary/aromatic N) is 4. The SMILES string of the molecule is C=C(NCC)n1c2ccccc2c2ccc(N3c4ccccc4C(C)(C)c4cc5c6ccccc6n(-c6ccccn6)c5cc43)cc21. The van der Waals surface area contributed by atoms with Gasteiger partial charge < -0.3 is 10.2 Å². The highest BCUT2D eigenvalue weighted by molar-refractivity contribution is 6.13. The van der Waals surface area contributed by atoms with Crippen LogP contribution in [0.1, 0.15) is 31.9 Å². The number of hydrogen-bond acceptors (Lipinski definition) is 3. The van der Waals surface area contributed by atoms with E-state index in [2.05, 4.69) is 162 Å². The van der Waals surface area contributed by atoms with Crippen molar-refractivity contribution in [3.63, 3.8) is 0 Å². The Bertz CT molecular complexity index is 2530. The number of nitrogens with one attached hydrogen (secondary N) is 1. The highest BCUT2D eigenvalue weighted by atomic mass is 15.2. The summed E-state index contributed by atoms with van der Waals surface area (Å²) in [6.45, 7) is 12.1. The van der Waals surface area contributed by atoms with E-state index in [1.54, 1.807) is 0 Å². The summed E-state index contributed by atoms with van der Waals surface area (Å²) in [6, 6.07) is 43.9. The third-order valence-corrected chi connectivity index (χ3v) is 9.97. The number of hydrogen-bond donors (Lipinski definition) is 1. The maximum atomic E-state index is 4.80. The Balaban J connectivity index is 1.37. The van der Waals surface area contributed by atoms with Crippen molar-refractivity contribution in [2.24, 2.45) is 0 Å². The topological polar surface area (TPSA) is 38.0 Å². The minimum atomic E-state index is -0.219. The van der Waals surface area contributed by atoms with Gasteiger partial charge in [0.05, 0.1) is 33.4 Å². The summed E-state index contributed by atoms with van der Waals surface area (Å²) in [4.78, 5) is 7.26. The summed E-state index contributed by atoms with van der Waals surface area (Å²) in [5.74, 6) is 1.78. The van der Waals surface area contributed by atoms with Crippen molar-refractivity contribution in [3.8, 4) is 5.82 Å². The molecule has 0 saturated heterocycles. The van der Waals surface area contributed by atoms with Gasteiger partial charge in [-0.15, -0.1) is 0 Å². The fourth-order valence-electron chi connectivity index (χ4n) is 7.84. The van der Waals surface area contributed by atoms with Crippen LogP contribution in [0.3, 0.4) is 0 Å². The van der Waals surface area contributed by atoms with Crippen molar-refractivity contribution in [3.05, 3.63) is 145 Å². The summed E-state index contributed by atoms with van der Waals surface area (Å²) in [6.07, 6.45) is 1.87. The van der Waals surface area contributed by atoms with Gasteiger partial charge in [-0.2, -0.15) is 0 Å². The molecule has 0 unspecified atom stereocenters. The first-order valence-electron chi connectivity index (χ1n) is 16.3. The third-order valence-electron chi connectivity index (χ3n) is 9.97. The van der Waals surface area contributed by atoms with Crippen LogP contribution in [0, 0.1) is 0 Å². The molecular weight excluding hydrogens is 574 g/mol. The highest BCUT2D eigenvalue weighted by Gasteiger charge is 2.38. The molecule has 0 fully saturated rings. The number of rotatable bonds is 5. The van der Waals surface area contributed by atoms with E-state index in [0.717, 1.165) is 45.9 Å². The van der Waals surface area contributed by atoms with Crippen LogP contribution in [0.2, 0.25) is 0 Å². The molecule has 1 aliphatic heterocycles. The molecule has 4 heterocycles. The molecule has 0 spiro atoms. The number of pyridine rings is 1. The van der Waals surface area contributed by atoms with Gasteiger partial charge in [-0.1, -0.05) is 87.2 Å². The average molecular weight is 610 g/mol. The lowest BCUT2D eigenvalue weighted by Gasteiger charge is -2.42. The Labute approximate surface area is 274 Å². The Hall–Kier alpha value is -5.81. The van der Waals surface area contributed by atoms with Gasteiger partial charge in [0.2, 0.25) is 0 Å². The normalized spacial score (nSPS) is 13.7. The van der Waals surface area contributed by atoms with Gasteiger partial charge in [0.1, 0.15) is 11.6 Å². The molecule has 0 radical (unpaired) electrons. The summed E-state index contributed by atoms with van der Waals surface area (Å²) in [5, 5.41) is 8.36. The first kappa shape index (κ1) is 27.5. The van der Waals surface area contributed by atoms with Crippen molar-refractivity contribution in [2.75, 3.05) is 11.4 Å². The Morgan fingerprint density at radius 2 is 1.36 bits per heavy atom. The lowest BCUT2D eigenvalue weighted by molar-refractivity contribution is 0.633. The maximum absolute atomic E-state index is 4.80. The van der Waals surface area contributed by atoms with Crippen molar-refractivity contribution in [2.45, 2.75) is 26.2 Å². The summed E-state index contributed by atoms with van der Waals surface area (Å²) in [5.41, 5.74) is 10.4. The summed E-state index contributed by atoms with van der Waals surface area (Å²) < 4.78 is 4.57. The van der Waals surface area contributed by atoms with Gasteiger partial charge in [-0.3, -0.25) is 9.13 Å². The van der Waals surface area contributed by atoms with Gasteiger partial charge >= 0.3 is 0 Å². The van der Waals surface area contributed by atoms with Gasteiger partial charge in [0, 0.05) is 45.4 Å². The number of fused-ring (bicyclic) bond motifs is 8. The van der Waals surface area contributed by atoms with Crippen LogP contribution in [-0.4, -0.2) is 20.7 Å². The van der Waals surface area contributed by atoms with E-state index >= 15 is 0 Å². The summed E-state index contributed by atoms with van der Waals surface area (Å²) in [7, 11) is 0. The zero-order valence-electron chi connectivity index (χ0n) is 26.8. The third kappa shape index (κ3) is 3.86. The van der Waals surface area contributed by atoms with Crippen LogP contribution in [0.5, 0.6) is 0 Å². The molecule has 0 saturated carbocycles. The highest BCUT2D eigenvalue weighted by Crippen LogP contribution is 2.54. The molecule has 47 heavy (non-hydrogen) atoms. The standard InChI is InChI=1S/C42H35N5/c1-5-43-27(2)45-35-17-9-6-14-29(35)31-22-21-28(24-38(31)45)46-37-19-11-8-16-33(37)42(3,4)34-25-32-30-15-7-10-18-36(30)47(39(32)26-40(34)46)41-20-12-13-23-44-41/h6-26,43H,2,5H2,1,3-4H3. The molecular formula is C42H35N5. The Morgan fingerprint density at radius 3 is 2.15 bits per heavy atom. The van der Waals surface area contributed by atoms with Crippen LogP contribution < -0.4 is 10.2 Å². The minimum Gasteiger partial charge on any atom is -0.372 e. The van der Waals surface area contributed by atoms with E-state index in [1.807, 2.05) is 12.3 Å². The lowest BCUT2D eigenvalue weighted by atomic mass is 9.73. The van der Waals surface area contributed by atoms with E-state index in [-0.39, 0.29) is 5.41 Å². The molecule has 9 rings (SSSR count). The second-order valence-electron chi connectivity index (χ2n) is 12.9. The number of para-hydroxylation sites is 3. The summed E-state index contributed by atoms with van der Waals surface area (Å²) >= 11 is 0. The first-order valence-corrected chi connectivity index (χ1v) is 16.3. The molecule has 0 aliphatic carbocycles. The van der Waals surface area contributed by atoms with Crippen LogP contribution in [0.4, 0.5) is 17.1 Å². The predicted molar refractivity (Wildman–Crippen MR) is 197 cm³/mol. The maximum Gasteiger partial charge on any atom is 0.137 e. The Morgan fingerprint density at radius 1 is 0.660 bits per heavy atom. The van der Waals surface area contributed by atoms with E-state index < -0.39 is 0 Å². The first-order chi connectivity index (χ1) is 23.0. The van der Waals surface area contributed by atoms with Crippen molar-refractivity contribution in [1.29, 1.82) is 0 Å². The molecule has 0 amide bonds. The zero-order chi connectivity index (χ0) is 31.9. The fourth-order valence-corrected chi connectivity index (χ4v) is 7.84. The second-order valence-corrected chi connectivity index (χ2v) is 12.9. The van der Waals surface area contributed by atoms with Crippen LogP contribution in [0.25, 0.3) is 55.3 Å². The molecule has 5 aromatic carbocycles. The van der Waals surface area contributed by atoms with E-state index in [4.69, 9.17) is 4.98 Å². The molecule has 0 bridgehead atoms. The van der Waals surface area contributed by atoms with Gasteiger partial charge in [-0.05, 0) is 72.6 Å². The molecule has 5 heteroatoms. The van der Waals surface area contributed by atoms with Gasteiger partial charge in [0.15, 0.2) is 0 Å². The van der Waals surface area contributed by atoms with Crippen molar-refractivity contribution in [1.82, 2.24) is 19.4 Å². The van der Waals surface area contributed by atoms with E-state index in [0.29, 0.717) is 0 Å². The quantitative estimate of drug-likeness (QED) is 0.211. The van der Waals surface area contributed by atoms with Crippen LogP contribution in [-0.2, 0) is 5.41 Å². The molecule has 1 N–H and O–H groups in total. The van der Waals surface area contributed by atoms with Gasteiger partial charge in [-0.25, -0.2) is 4.98 Å². The second kappa shape index (κ2) is 10.1.